The molecule has 0 bridgehead atoms. The van der Waals surface area contributed by atoms with E-state index in [2.05, 4.69) is 0 Å². The Morgan fingerprint density at radius 3 is 2.67 bits per heavy atom. The van der Waals surface area contributed by atoms with Crippen LogP contribution in [-0.4, -0.2) is 17.4 Å². The standard InChI is InChI=1S/C17H19FN2O/c1-3-20(11-13-5-4-6-14(18)10-13)17(21)15-9-12(2)7-8-16(15)19/h4-10H,3,11,19H2,1-2H3. The van der Waals surface area contributed by atoms with Gasteiger partial charge in [0, 0.05) is 18.8 Å². The van der Waals surface area contributed by atoms with E-state index in [1.165, 1.54) is 12.1 Å². The summed E-state index contributed by atoms with van der Waals surface area (Å²) >= 11 is 0. The van der Waals surface area contributed by atoms with Crippen molar-refractivity contribution in [2.24, 2.45) is 0 Å². The molecule has 3 nitrogen and oxygen atoms in total. The van der Waals surface area contributed by atoms with Gasteiger partial charge in [0.25, 0.3) is 5.91 Å². The number of anilines is 1. The molecular formula is C17H19FN2O. The van der Waals surface area contributed by atoms with E-state index in [9.17, 15) is 9.18 Å². The van der Waals surface area contributed by atoms with Gasteiger partial charge in [-0.15, -0.1) is 0 Å². The van der Waals surface area contributed by atoms with Crippen LogP contribution in [-0.2, 0) is 6.54 Å². The van der Waals surface area contributed by atoms with Gasteiger partial charge >= 0.3 is 0 Å². The largest absolute Gasteiger partial charge is 0.398 e. The van der Waals surface area contributed by atoms with Crippen LogP contribution in [0.4, 0.5) is 10.1 Å². The highest BCUT2D eigenvalue weighted by Crippen LogP contribution is 2.18. The number of amides is 1. The van der Waals surface area contributed by atoms with Gasteiger partial charge in [0.15, 0.2) is 0 Å². The molecule has 0 saturated carbocycles. The van der Waals surface area contributed by atoms with Crippen molar-refractivity contribution in [1.29, 1.82) is 0 Å². The van der Waals surface area contributed by atoms with Crippen LogP contribution in [0, 0.1) is 12.7 Å². The highest BCUT2D eigenvalue weighted by Gasteiger charge is 2.17. The summed E-state index contributed by atoms with van der Waals surface area (Å²) in [7, 11) is 0. The average molecular weight is 286 g/mol. The molecule has 0 aromatic heterocycles. The van der Waals surface area contributed by atoms with Crippen molar-refractivity contribution in [3.05, 3.63) is 65.0 Å². The second-order valence-electron chi connectivity index (χ2n) is 5.04. The van der Waals surface area contributed by atoms with Gasteiger partial charge in [-0.25, -0.2) is 4.39 Å². The molecule has 21 heavy (non-hydrogen) atoms. The monoisotopic (exact) mass is 286 g/mol. The number of hydrogen-bond donors (Lipinski definition) is 1. The molecule has 4 heteroatoms. The van der Waals surface area contributed by atoms with Crippen molar-refractivity contribution in [3.63, 3.8) is 0 Å². The van der Waals surface area contributed by atoms with Crippen LogP contribution < -0.4 is 5.73 Å². The molecule has 2 aromatic carbocycles. The van der Waals surface area contributed by atoms with Crippen molar-refractivity contribution in [3.8, 4) is 0 Å². The number of rotatable bonds is 4. The minimum absolute atomic E-state index is 0.136. The Labute approximate surface area is 124 Å². The lowest BCUT2D eigenvalue weighted by Gasteiger charge is -2.22. The van der Waals surface area contributed by atoms with Gasteiger partial charge in [-0.2, -0.15) is 0 Å². The zero-order valence-corrected chi connectivity index (χ0v) is 12.3. The van der Waals surface area contributed by atoms with Crippen molar-refractivity contribution < 1.29 is 9.18 Å². The minimum Gasteiger partial charge on any atom is -0.398 e. The van der Waals surface area contributed by atoms with E-state index < -0.39 is 0 Å². The average Bonchev–Trinajstić information content (AvgIpc) is 2.46. The molecule has 0 aliphatic carbocycles. The molecule has 2 rings (SSSR count). The predicted molar refractivity (Wildman–Crippen MR) is 82.4 cm³/mol. The lowest BCUT2D eigenvalue weighted by molar-refractivity contribution is 0.0753. The minimum atomic E-state index is -0.300. The molecular weight excluding hydrogens is 267 g/mol. The van der Waals surface area contributed by atoms with Crippen LogP contribution in [0.15, 0.2) is 42.5 Å². The number of carbonyl (C=O) groups excluding carboxylic acids is 1. The molecule has 0 heterocycles. The van der Waals surface area contributed by atoms with Gasteiger partial charge in [0.05, 0.1) is 5.56 Å². The number of aryl methyl sites for hydroxylation is 1. The zero-order chi connectivity index (χ0) is 15.4. The Bertz CT molecular complexity index is 655. The quantitative estimate of drug-likeness (QED) is 0.876. The van der Waals surface area contributed by atoms with Crippen LogP contribution in [0.2, 0.25) is 0 Å². The number of nitrogen functional groups attached to an aromatic ring is 1. The first kappa shape index (κ1) is 15.0. The first-order chi connectivity index (χ1) is 10.0. The van der Waals surface area contributed by atoms with E-state index >= 15 is 0 Å². The predicted octanol–water partition coefficient (Wildman–Crippen LogP) is 3.38. The van der Waals surface area contributed by atoms with Crippen LogP contribution >= 0.6 is 0 Å². The molecule has 0 radical (unpaired) electrons. The number of nitrogens with two attached hydrogens (primary N) is 1. The van der Waals surface area contributed by atoms with Gasteiger partial charge in [-0.05, 0) is 43.7 Å². The van der Waals surface area contributed by atoms with E-state index in [1.807, 2.05) is 19.9 Å². The van der Waals surface area contributed by atoms with Crippen molar-refractivity contribution in [2.45, 2.75) is 20.4 Å². The number of carbonyl (C=O) groups is 1. The van der Waals surface area contributed by atoms with E-state index in [0.29, 0.717) is 24.3 Å². The fourth-order valence-electron chi connectivity index (χ4n) is 2.21. The first-order valence-corrected chi connectivity index (χ1v) is 6.91. The molecule has 0 saturated heterocycles. The Morgan fingerprint density at radius 1 is 1.24 bits per heavy atom. The molecule has 0 aliphatic rings. The summed E-state index contributed by atoms with van der Waals surface area (Å²) in [6, 6.07) is 11.7. The Kier molecular flexibility index (Phi) is 4.58. The third-order valence-corrected chi connectivity index (χ3v) is 3.37. The maximum absolute atomic E-state index is 13.2. The van der Waals surface area contributed by atoms with Crippen molar-refractivity contribution in [1.82, 2.24) is 4.90 Å². The zero-order valence-electron chi connectivity index (χ0n) is 12.3. The van der Waals surface area contributed by atoms with E-state index in [1.54, 1.807) is 29.2 Å². The van der Waals surface area contributed by atoms with Gasteiger partial charge in [0.1, 0.15) is 5.82 Å². The molecule has 0 aliphatic heterocycles. The second-order valence-corrected chi connectivity index (χ2v) is 5.04. The number of hydrogen-bond acceptors (Lipinski definition) is 2. The Morgan fingerprint density at radius 2 is 2.00 bits per heavy atom. The lowest BCUT2D eigenvalue weighted by atomic mass is 10.1. The molecule has 0 fully saturated rings. The maximum atomic E-state index is 13.2. The SMILES string of the molecule is CCN(Cc1cccc(F)c1)C(=O)c1cc(C)ccc1N. The molecule has 2 aromatic rings. The Hall–Kier alpha value is -2.36. The summed E-state index contributed by atoms with van der Waals surface area (Å²) in [5, 5.41) is 0. The molecule has 1 amide bonds. The normalized spacial score (nSPS) is 10.4. The van der Waals surface area contributed by atoms with Gasteiger partial charge in [0.2, 0.25) is 0 Å². The number of nitrogens with zero attached hydrogens (tertiary/aromatic N) is 1. The summed E-state index contributed by atoms with van der Waals surface area (Å²) in [5.41, 5.74) is 8.59. The van der Waals surface area contributed by atoms with E-state index in [4.69, 9.17) is 5.73 Å². The highest BCUT2D eigenvalue weighted by molar-refractivity contribution is 5.99. The summed E-state index contributed by atoms with van der Waals surface area (Å²) in [4.78, 5) is 14.2. The van der Waals surface area contributed by atoms with Crippen LogP contribution in [0.1, 0.15) is 28.4 Å². The van der Waals surface area contributed by atoms with Gasteiger partial charge in [-0.1, -0.05) is 23.8 Å². The summed E-state index contributed by atoms with van der Waals surface area (Å²) < 4.78 is 13.2. The topological polar surface area (TPSA) is 46.3 Å². The van der Waals surface area contributed by atoms with Crippen LogP contribution in [0.5, 0.6) is 0 Å². The summed E-state index contributed by atoms with van der Waals surface area (Å²) in [5.74, 6) is -0.436. The fraction of sp³-hybridized carbons (Fsp3) is 0.235. The fourth-order valence-corrected chi connectivity index (χ4v) is 2.21. The van der Waals surface area contributed by atoms with Gasteiger partial charge < -0.3 is 10.6 Å². The van der Waals surface area contributed by atoms with E-state index in [-0.39, 0.29) is 11.7 Å². The summed E-state index contributed by atoms with van der Waals surface area (Å²) in [6.07, 6.45) is 0. The third kappa shape index (κ3) is 3.60. The van der Waals surface area contributed by atoms with Gasteiger partial charge in [-0.3, -0.25) is 4.79 Å². The number of halogens is 1. The molecule has 0 spiro atoms. The number of benzene rings is 2. The van der Waals surface area contributed by atoms with Crippen LogP contribution in [0.25, 0.3) is 0 Å². The van der Waals surface area contributed by atoms with Crippen LogP contribution in [0.3, 0.4) is 0 Å². The summed E-state index contributed by atoms with van der Waals surface area (Å²) in [6.45, 7) is 4.70. The first-order valence-electron chi connectivity index (χ1n) is 6.91. The molecule has 0 unspecified atom stereocenters. The Balaban J connectivity index is 2.24. The second kappa shape index (κ2) is 6.39. The maximum Gasteiger partial charge on any atom is 0.256 e. The smallest absolute Gasteiger partial charge is 0.256 e. The third-order valence-electron chi connectivity index (χ3n) is 3.37. The van der Waals surface area contributed by atoms with Crippen molar-refractivity contribution in [2.75, 3.05) is 12.3 Å². The molecule has 2 N–H and O–H groups in total. The van der Waals surface area contributed by atoms with Crippen molar-refractivity contribution >= 4 is 11.6 Å². The molecule has 0 atom stereocenters. The lowest BCUT2D eigenvalue weighted by Crippen LogP contribution is -2.31. The molecule has 110 valence electrons. The highest BCUT2D eigenvalue weighted by atomic mass is 19.1. The van der Waals surface area contributed by atoms with E-state index in [0.717, 1.165) is 11.1 Å².